The van der Waals surface area contributed by atoms with E-state index in [1.807, 2.05) is 22.7 Å². The normalized spacial score (nSPS) is 17.7. The van der Waals surface area contributed by atoms with Gasteiger partial charge in [0.1, 0.15) is 11.4 Å². The first-order chi connectivity index (χ1) is 9.74. The predicted molar refractivity (Wildman–Crippen MR) is 79.4 cm³/mol. The summed E-state index contributed by atoms with van der Waals surface area (Å²) in [7, 11) is 3.87. The second kappa shape index (κ2) is 5.81. The van der Waals surface area contributed by atoms with Gasteiger partial charge >= 0.3 is 0 Å². The first-order valence-corrected chi connectivity index (χ1v) is 7.17. The highest BCUT2D eigenvalue weighted by atomic mass is 16.5. The number of fused-ring (bicyclic) bond motifs is 1. The molecule has 0 aliphatic carbocycles. The van der Waals surface area contributed by atoms with Crippen LogP contribution >= 0.6 is 0 Å². The van der Waals surface area contributed by atoms with Crippen molar-refractivity contribution in [3.63, 3.8) is 0 Å². The van der Waals surface area contributed by atoms with Crippen molar-refractivity contribution in [3.8, 4) is 5.75 Å². The number of hydrogen-bond donors (Lipinski definition) is 0. The molecule has 0 saturated carbocycles. The molecule has 2 aromatic rings. The number of hydrogen-bond acceptors (Lipinski definition) is 4. The minimum absolute atomic E-state index is 0.862. The average molecular weight is 274 g/mol. The van der Waals surface area contributed by atoms with Gasteiger partial charge in [-0.15, -0.1) is 0 Å². The summed E-state index contributed by atoms with van der Waals surface area (Å²) >= 11 is 0. The third-order valence-corrected chi connectivity index (χ3v) is 3.99. The molecule has 0 N–H and O–H groups in total. The molecule has 0 unspecified atom stereocenters. The van der Waals surface area contributed by atoms with Crippen molar-refractivity contribution in [3.05, 3.63) is 30.2 Å². The Kier molecular flexibility index (Phi) is 3.89. The Morgan fingerprint density at radius 1 is 1.15 bits per heavy atom. The summed E-state index contributed by atoms with van der Waals surface area (Å²) in [5, 5.41) is 0. The van der Waals surface area contributed by atoms with Crippen LogP contribution in [0.2, 0.25) is 0 Å². The Bertz CT molecular complexity index is 572. The molecule has 0 atom stereocenters. The molecular weight excluding hydrogens is 252 g/mol. The van der Waals surface area contributed by atoms with E-state index in [9.17, 15) is 0 Å². The zero-order valence-corrected chi connectivity index (χ0v) is 12.2. The number of likely N-dealkylation sites (N-methyl/N-ethyl adjacent to an activating group) is 1. The van der Waals surface area contributed by atoms with E-state index in [1.165, 1.54) is 13.1 Å². The van der Waals surface area contributed by atoms with Gasteiger partial charge in [-0.2, -0.15) is 0 Å². The van der Waals surface area contributed by atoms with E-state index >= 15 is 0 Å². The number of rotatable bonds is 4. The summed E-state index contributed by atoms with van der Waals surface area (Å²) in [5.74, 6) is 0.862. The molecular formula is C15H22N4O. The third-order valence-electron chi connectivity index (χ3n) is 3.99. The SMILES string of the molecule is COc1ccc2nc(CCN3CCN(C)CC3)cn2c1. The fourth-order valence-corrected chi connectivity index (χ4v) is 2.61. The lowest BCUT2D eigenvalue weighted by molar-refractivity contribution is 0.155. The van der Waals surface area contributed by atoms with Crippen LogP contribution < -0.4 is 4.74 Å². The highest BCUT2D eigenvalue weighted by Crippen LogP contribution is 2.13. The standard InChI is InChI=1S/C15H22N4O/c1-17-7-9-18(10-8-17)6-5-13-11-19-12-14(20-2)3-4-15(19)16-13/h3-4,11-12H,5-10H2,1-2H3. The molecule has 1 saturated heterocycles. The highest BCUT2D eigenvalue weighted by Gasteiger charge is 2.13. The molecule has 108 valence electrons. The Morgan fingerprint density at radius 2 is 1.95 bits per heavy atom. The van der Waals surface area contributed by atoms with Crippen molar-refractivity contribution < 1.29 is 4.74 Å². The second-order valence-electron chi connectivity index (χ2n) is 5.46. The summed E-state index contributed by atoms with van der Waals surface area (Å²) in [6, 6.07) is 3.95. The summed E-state index contributed by atoms with van der Waals surface area (Å²) < 4.78 is 7.28. The van der Waals surface area contributed by atoms with Crippen molar-refractivity contribution in [2.24, 2.45) is 0 Å². The summed E-state index contributed by atoms with van der Waals surface area (Å²) in [5.41, 5.74) is 2.14. The monoisotopic (exact) mass is 274 g/mol. The molecule has 1 aliphatic heterocycles. The lowest BCUT2D eigenvalue weighted by Gasteiger charge is -2.32. The maximum Gasteiger partial charge on any atom is 0.137 e. The molecule has 0 bridgehead atoms. The molecule has 2 aromatic heterocycles. The number of methoxy groups -OCH3 is 1. The molecule has 1 fully saturated rings. The number of aromatic nitrogens is 2. The van der Waals surface area contributed by atoms with E-state index in [0.717, 1.165) is 43.1 Å². The van der Waals surface area contributed by atoms with E-state index < -0.39 is 0 Å². The van der Waals surface area contributed by atoms with Crippen LogP contribution in [-0.2, 0) is 6.42 Å². The molecule has 0 aromatic carbocycles. The van der Waals surface area contributed by atoms with Gasteiger partial charge in [-0.05, 0) is 19.2 Å². The van der Waals surface area contributed by atoms with Crippen LogP contribution in [0.15, 0.2) is 24.5 Å². The lowest BCUT2D eigenvalue weighted by atomic mass is 10.2. The van der Waals surface area contributed by atoms with Crippen LogP contribution in [0.25, 0.3) is 5.65 Å². The minimum Gasteiger partial charge on any atom is -0.495 e. The van der Waals surface area contributed by atoms with E-state index in [2.05, 4.69) is 28.0 Å². The summed E-state index contributed by atoms with van der Waals surface area (Å²) in [6.45, 7) is 5.76. The van der Waals surface area contributed by atoms with Gasteiger partial charge in [0.25, 0.3) is 0 Å². The first-order valence-electron chi connectivity index (χ1n) is 7.17. The number of piperazine rings is 1. The molecule has 0 amide bonds. The lowest BCUT2D eigenvalue weighted by Crippen LogP contribution is -2.45. The van der Waals surface area contributed by atoms with Gasteiger partial charge in [0.05, 0.1) is 19.0 Å². The van der Waals surface area contributed by atoms with Crippen molar-refractivity contribution in [1.82, 2.24) is 19.2 Å². The van der Waals surface area contributed by atoms with Gasteiger partial charge in [-0.25, -0.2) is 4.98 Å². The van der Waals surface area contributed by atoms with Crippen LogP contribution in [0.5, 0.6) is 5.75 Å². The zero-order chi connectivity index (χ0) is 13.9. The maximum absolute atomic E-state index is 5.24. The van der Waals surface area contributed by atoms with Crippen molar-refractivity contribution in [1.29, 1.82) is 0 Å². The van der Waals surface area contributed by atoms with Gasteiger partial charge in [0.15, 0.2) is 0 Å². The van der Waals surface area contributed by atoms with Crippen molar-refractivity contribution in [2.75, 3.05) is 46.9 Å². The van der Waals surface area contributed by atoms with E-state index in [1.54, 1.807) is 7.11 Å². The van der Waals surface area contributed by atoms with Crippen molar-refractivity contribution in [2.45, 2.75) is 6.42 Å². The van der Waals surface area contributed by atoms with Crippen LogP contribution in [-0.4, -0.2) is 66.1 Å². The fourth-order valence-electron chi connectivity index (χ4n) is 2.61. The quantitative estimate of drug-likeness (QED) is 0.837. The van der Waals surface area contributed by atoms with Gasteiger partial charge in [-0.3, -0.25) is 0 Å². The van der Waals surface area contributed by atoms with Crippen LogP contribution in [0, 0.1) is 0 Å². The fraction of sp³-hybridized carbons (Fsp3) is 0.533. The smallest absolute Gasteiger partial charge is 0.137 e. The van der Waals surface area contributed by atoms with Gasteiger partial charge in [0.2, 0.25) is 0 Å². The van der Waals surface area contributed by atoms with Crippen LogP contribution in [0.1, 0.15) is 5.69 Å². The molecule has 0 spiro atoms. The number of imidazole rings is 1. The minimum atomic E-state index is 0.862. The number of ether oxygens (including phenoxy) is 1. The Labute approximate surface area is 119 Å². The van der Waals surface area contributed by atoms with Gasteiger partial charge < -0.3 is 18.9 Å². The maximum atomic E-state index is 5.24. The topological polar surface area (TPSA) is 33.0 Å². The van der Waals surface area contributed by atoms with E-state index in [-0.39, 0.29) is 0 Å². The summed E-state index contributed by atoms with van der Waals surface area (Å²) in [6.07, 6.45) is 5.09. The number of pyridine rings is 1. The summed E-state index contributed by atoms with van der Waals surface area (Å²) in [4.78, 5) is 9.56. The van der Waals surface area contributed by atoms with E-state index in [4.69, 9.17) is 4.74 Å². The second-order valence-corrected chi connectivity index (χ2v) is 5.46. The van der Waals surface area contributed by atoms with Crippen LogP contribution in [0.4, 0.5) is 0 Å². The largest absolute Gasteiger partial charge is 0.495 e. The third kappa shape index (κ3) is 2.94. The molecule has 3 heterocycles. The molecule has 5 nitrogen and oxygen atoms in total. The van der Waals surface area contributed by atoms with Crippen LogP contribution in [0.3, 0.4) is 0 Å². The molecule has 20 heavy (non-hydrogen) atoms. The molecule has 1 aliphatic rings. The zero-order valence-electron chi connectivity index (χ0n) is 12.2. The Balaban J connectivity index is 1.62. The Hall–Kier alpha value is -1.59. The van der Waals surface area contributed by atoms with Crippen molar-refractivity contribution >= 4 is 5.65 Å². The van der Waals surface area contributed by atoms with Gasteiger partial charge in [-0.1, -0.05) is 0 Å². The molecule has 3 rings (SSSR count). The predicted octanol–water partition coefficient (Wildman–Crippen LogP) is 1.13. The van der Waals surface area contributed by atoms with Gasteiger partial charge in [0, 0.05) is 45.3 Å². The Morgan fingerprint density at radius 3 is 2.70 bits per heavy atom. The highest BCUT2D eigenvalue weighted by molar-refractivity contribution is 5.43. The first kappa shape index (κ1) is 13.4. The number of nitrogens with zero attached hydrogens (tertiary/aromatic N) is 4. The average Bonchev–Trinajstić information content (AvgIpc) is 2.88. The van der Waals surface area contributed by atoms with E-state index in [0.29, 0.717) is 0 Å². The molecule has 0 radical (unpaired) electrons. The molecule has 5 heteroatoms.